The molecule has 0 aliphatic carbocycles. The molecule has 23 heavy (non-hydrogen) atoms. The third-order valence-corrected chi connectivity index (χ3v) is 4.32. The van der Waals surface area contributed by atoms with Crippen molar-refractivity contribution in [1.82, 2.24) is 4.98 Å². The molecule has 0 saturated heterocycles. The summed E-state index contributed by atoms with van der Waals surface area (Å²) < 4.78 is 0. The zero-order valence-corrected chi connectivity index (χ0v) is 13.6. The predicted octanol–water partition coefficient (Wildman–Crippen LogP) is 4.77. The van der Waals surface area contributed by atoms with Gasteiger partial charge in [0.05, 0.1) is 17.2 Å². The summed E-state index contributed by atoms with van der Waals surface area (Å²) in [7, 11) is 0. The lowest BCUT2D eigenvalue weighted by Crippen LogP contribution is -2.31. The van der Waals surface area contributed by atoms with Crippen LogP contribution in [0.3, 0.4) is 0 Å². The fourth-order valence-electron chi connectivity index (χ4n) is 2.95. The minimum atomic E-state index is -1.14. The molecule has 0 amide bonds. The molecule has 3 aromatic rings. The van der Waals surface area contributed by atoms with Gasteiger partial charge in [-0.1, -0.05) is 60.1 Å². The molecule has 0 unspecified atom stereocenters. The highest BCUT2D eigenvalue weighted by molar-refractivity contribution is 6.30. The van der Waals surface area contributed by atoms with E-state index in [2.05, 4.69) is 4.98 Å². The predicted molar refractivity (Wildman–Crippen MR) is 93.5 cm³/mol. The summed E-state index contributed by atoms with van der Waals surface area (Å²) in [6.45, 7) is 1.81. The van der Waals surface area contributed by atoms with Gasteiger partial charge in [-0.25, -0.2) is 0 Å². The number of benzene rings is 2. The lowest BCUT2D eigenvalue weighted by atomic mass is 9.76. The van der Waals surface area contributed by atoms with Crippen molar-refractivity contribution in [3.05, 3.63) is 101 Å². The van der Waals surface area contributed by atoms with Crippen LogP contribution in [0.5, 0.6) is 0 Å². The summed E-state index contributed by atoms with van der Waals surface area (Å²) in [5, 5.41) is 12.0. The van der Waals surface area contributed by atoms with Gasteiger partial charge >= 0.3 is 0 Å². The topological polar surface area (TPSA) is 33.1 Å². The first kappa shape index (κ1) is 15.7. The Balaban J connectivity index is 2.15. The first-order valence-corrected chi connectivity index (χ1v) is 7.91. The van der Waals surface area contributed by atoms with E-state index in [0.29, 0.717) is 5.02 Å². The number of rotatable bonds is 4. The zero-order valence-electron chi connectivity index (χ0n) is 12.9. The van der Waals surface area contributed by atoms with Crippen LogP contribution in [-0.4, -0.2) is 10.1 Å². The van der Waals surface area contributed by atoms with Crippen LogP contribution in [0, 0.1) is 0 Å². The summed E-state index contributed by atoms with van der Waals surface area (Å²) in [6.07, 6.45) is 1.75. The zero-order chi connectivity index (χ0) is 16.3. The van der Waals surface area contributed by atoms with E-state index in [4.69, 9.17) is 11.6 Å². The molecule has 0 aliphatic rings. The monoisotopic (exact) mass is 323 g/mol. The molecule has 0 bridgehead atoms. The Labute approximate surface area is 141 Å². The second kappa shape index (κ2) is 6.53. The van der Waals surface area contributed by atoms with Crippen LogP contribution in [0.4, 0.5) is 0 Å². The number of hydrogen-bond acceptors (Lipinski definition) is 2. The summed E-state index contributed by atoms with van der Waals surface area (Å²) in [5.74, 6) is -0.289. The van der Waals surface area contributed by atoms with Crippen molar-refractivity contribution in [2.45, 2.75) is 18.4 Å². The van der Waals surface area contributed by atoms with E-state index in [1.165, 1.54) is 0 Å². The van der Waals surface area contributed by atoms with Crippen molar-refractivity contribution < 1.29 is 5.11 Å². The Kier molecular flexibility index (Phi) is 4.46. The van der Waals surface area contributed by atoms with Crippen LogP contribution in [0.1, 0.15) is 29.7 Å². The minimum absolute atomic E-state index is 0.289. The smallest absolute Gasteiger partial charge is 0.0992 e. The third kappa shape index (κ3) is 3.29. The van der Waals surface area contributed by atoms with E-state index in [9.17, 15) is 5.11 Å². The fourth-order valence-corrected chi connectivity index (χ4v) is 3.14. The number of hydrogen-bond donors (Lipinski definition) is 1. The lowest BCUT2D eigenvalue weighted by Gasteiger charge is -2.33. The first-order valence-electron chi connectivity index (χ1n) is 7.53. The van der Waals surface area contributed by atoms with Gasteiger partial charge in [0.15, 0.2) is 0 Å². The maximum Gasteiger partial charge on any atom is 0.0992 e. The molecule has 2 atom stereocenters. The Morgan fingerprint density at radius 2 is 1.70 bits per heavy atom. The Morgan fingerprint density at radius 3 is 2.35 bits per heavy atom. The van der Waals surface area contributed by atoms with Gasteiger partial charge in [-0.15, -0.1) is 0 Å². The number of nitrogens with zero attached hydrogens (tertiary/aromatic N) is 1. The SMILES string of the molecule is C[C@@](O)(c1cccc(Cl)c1)[C@@H](c1ccccc1)c1ccccn1. The van der Waals surface area contributed by atoms with Gasteiger partial charge in [-0.2, -0.15) is 0 Å². The van der Waals surface area contributed by atoms with Crippen LogP contribution in [0.2, 0.25) is 5.02 Å². The average molecular weight is 324 g/mol. The number of pyridine rings is 1. The van der Waals surface area contributed by atoms with Gasteiger partial charge in [0.2, 0.25) is 0 Å². The van der Waals surface area contributed by atoms with Gasteiger partial charge < -0.3 is 5.11 Å². The molecule has 1 N–H and O–H groups in total. The number of halogens is 1. The van der Waals surface area contributed by atoms with E-state index in [-0.39, 0.29) is 5.92 Å². The Bertz CT molecular complexity index is 732. The molecule has 2 nitrogen and oxygen atoms in total. The third-order valence-electron chi connectivity index (χ3n) is 4.09. The van der Waals surface area contributed by atoms with E-state index in [0.717, 1.165) is 16.8 Å². The first-order chi connectivity index (χ1) is 11.1. The Hall–Kier alpha value is -2.16. The van der Waals surface area contributed by atoms with E-state index >= 15 is 0 Å². The van der Waals surface area contributed by atoms with Crippen LogP contribution >= 0.6 is 11.6 Å². The molecule has 0 saturated carbocycles. The molecular weight excluding hydrogens is 306 g/mol. The van der Waals surface area contributed by atoms with Crippen LogP contribution < -0.4 is 0 Å². The summed E-state index contributed by atoms with van der Waals surface area (Å²) in [6, 6.07) is 23.0. The van der Waals surface area contributed by atoms with E-state index in [1.807, 2.05) is 67.6 Å². The fraction of sp³-hybridized carbons (Fsp3) is 0.150. The van der Waals surface area contributed by atoms with Gasteiger partial charge in [0.1, 0.15) is 0 Å². The molecule has 0 aliphatic heterocycles. The second-order valence-corrected chi connectivity index (χ2v) is 6.19. The van der Waals surface area contributed by atoms with Crippen LogP contribution in [-0.2, 0) is 5.60 Å². The van der Waals surface area contributed by atoms with Gasteiger partial charge in [0, 0.05) is 11.2 Å². The lowest BCUT2D eigenvalue weighted by molar-refractivity contribution is 0.0380. The molecule has 0 radical (unpaired) electrons. The number of aromatic nitrogens is 1. The molecule has 1 heterocycles. The highest BCUT2D eigenvalue weighted by atomic mass is 35.5. The molecular formula is C20H18ClNO. The summed E-state index contributed by atoms with van der Waals surface area (Å²) in [4.78, 5) is 4.48. The number of aliphatic hydroxyl groups is 1. The van der Waals surface area contributed by atoms with E-state index < -0.39 is 5.60 Å². The molecule has 1 aromatic heterocycles. The van der Waals surface area contributed by atoms with Crippen molar-refractivity contribution in [2.75, 3.05) is 0 Å². The highest BCUT2D eigenvalue weighted by Gasteiger charge is 2.37. The summed E-state index contributed by atoms with van der Waals surface area (Å²) >= 11 is 6.12. The van der Waals surface area contributed by atoms with Crippen LogP contribution in [0.25, 0.3) is 0 Å². The van der Waals surface area contributed by atoms with Gasteiger partial charge in [-0.05, 0) is 42.3 Å². The van der Waals surface area contributed by atoms with Crippen molar-refractivity contribution in [1.29, 1.82) is 0 Å². The van der Waals surface area contributed by atoms with Crippen molar-refractivity contribution >= 4 is 11.6 Å². The second-order valence-electron chi connectivity index (χ2n) is 5.76. The Morgan fingerprint density at radius 1 is 0.957 bits per heavy atom. The van der Waals surface area contributed by atoms with E-state index in [1.54, 1.807) is 18.3 Å². The molecule has 3 rings (SSSR count). The molecule has 2 aromatic carbocycles. The maximum atomic E-state index is 11.4. The largest absolute Gasteiger partial charge is 0.384 e. The molecule has 0 spiro atoms. The van der Waals surface area contributed by atoms with Crippen molar-refractivity contribution in [3.63, 3.8) is 0 Å². The molecule has 0 fully saturated rings. The minimum Gasteiger partial charge on any atom is -0.384 e. The maximum absolute atomic E-state index is 11.4. The molecule has 116 valence electrons. The van der Waals surface area contributed by atoms with Gasteiger partial charge in [-0.3, -0.25) is 4.98 Å². The van der Waals surface area contributed by atoms with Crippen molar-refractivity contribution in [3.8, 4) is 0 Å². The summed E-state index contributed by atoms with van der Waals surface area (Å²) in [5.41, 5.74) is 1.46. The van der Waals surface area contributed by atoms with Crippen LogP contribution in [0.15, 0.2) is 79.0 Å². The normalized spacial score (nSPS) is 14.9. The van der Waals surface area contributed by atoms with Crippen molar-refractivity contribution in [2.24, 2.45) is 0 Å². The highest BCUT2D eigenvalue weighted by Crippen LogP contribution is 2.41. The van der Waals surface area contributed by atoms with Gasteiger partial charge in [0.25, 0.3) is 0 Å². The quantitative estimate of drug-likeness (QED) is 0.750. The average Bonchev–Trinajstić information content (AvgIpc) is 2.57. The molecule has 3 heteroatoms. The standard InChI is InChI=1S/C20H18ClNO/c1-20(23,16-10-7-11-17(21)14-16)19(15-8-3-2-4-9-15)18-12-5-6-13-22-18/h2-14,19,23H,1H3/t19-,20+/m0/s1.